The summed E-state index contributed by atoms with van der Waals surface area (Å²) in [4.78, 5) is 21.3. The van der Waals surface area contributed by atoms with E-state index >= 15 is 0 Å². The molecule has 128 valence electrons. The van der Waals surface area contributed by atoms with Gasteiger partial charge in [0.05, 0.1) is 10.2 Å². The third kappa shape index (κ3) is 3.85. The molecule has 1 aromatic carbocycles. The van der Waals surface area contributed by atoms with Gasteiger partial charge in [-0.05, 0) is 39.2 Å². The van der Waals surface area contributed by atoms with Crippen LogP contribution in [0, 0.1) is 0 Å². The maximum atomic E-state index is 12.9. The van der Waals surface area contributed by atoms with E-state index in [4.69, 9.17) is 9.47 Å². The number of carbonyl (C=O) groups is 1. The number of fused-ring (bicyclic) bond motifs is 1. The highest BCUT2D eigenvalue weighted by Crippen LogP contribution is 2.29. The van der Waals surface area contributed by atoms with Crippen LogP contribution in [0.4, 0.5) is 5.13 Å². The number of anilines is 1. The van der Waals surface area contributed by atoms with E-state index < -0.39 is 0 Å². The number of hydrogen-bond donors (Lipinski definition) is 0. The van der Waals surface area contributed by atoms with Crippen molar-refractivity contribution in [2.24, 2.45) is 0 Å². The first-order chi connectivity index (χ1) is 11.6. The summed E-state index contributed by atoms with van der Waals surface area (Å²) in [6, 6.07) is 7.89. The number of benzene rings is 1. The molecule has 1 aliphatic rings. The van der Waals surface area contributed by atoms with E-state index in [0.29, 0.717) is 24.9 Å². The van der Waals surface area contributed by atoms with Gasteiger partial charge in [0.2, 0.25) is 5.76 Å². The Bertz CT molecular complexity index is 709. The highest BCUT2D eigenvalue weighted by Gasteiger charge is 2.25. The van der Waals surface area contributed by atoms with Gasteiger partial charge in [0, 0.05) is 6.54 Å². The average Bonchev–Trinajstić information content (AvgIpc) is 3.02. The molecule has 0 fully saturated rings. The molecule has 0 unspecified atom stereocenters. The predicted molar refractivity (Wildman–Crippen MR) is 95.1 cm³/mol. The Morgan fingerprint density at radius 1 is 1.25 bits per heavy atom. The molecular formula is C17H21N3O3S. The molecule has 2 heterocycles. The minimum atomic E-state index is -0.201. The maximum Gasteiger partial charge on any atom is 0.298 e. The van der Waals surface area contributed by atoms with Crippen molar-refractivity contribution in [2.75, 3.05) is 45.3 Å². The standard InChI is InChI=1S/C17H21N3O3S/c1-19(2)8-5-9-20(16(21)14-12-22-10-11-23-14)17-18-13-6-3-4-7-15(13)24-17/h3-4,6-7,12H,5,8-11H2,1-2H3. The van der Waals surface area contributed by atoms with E-state index in [9.17, 15) is 4.79 Å². The van der Waals surface area contributed by atoms with Crippen LogP contribution in [0.25, 0.3) is 10.2 Å². The van der Waals surface area contributed by atoms with Gasteiger partial charge in [-0.3, -0.25) is 9.69 Å². The van der Waals surface area contributed by atoms with Crippen molar-refractivity contribution in [3.8, 4) is 0 Å². The Morgan fingerprint density at radius 3 is 2.79 bits per heavy atom. The molecule has 0 saturated carbocycles. The summed E-state index contributed by atoms with van der Waals surface area (Å²) in [7, 11) is 4.04. The fourth-order valence-electron chi connectivity index (χ4n) is 2.42. The zero-order valence-electron chi connectivity index (χ0n) is 13.9. The van der Waals surface area contributed by atoms with Crippen LogP contribution in [0.15, 0.2) is 36.3 Å². The number of ether oxygens (including phenoxy) is 2. The van der Waals surface area contributed by atoms with Gasteiger partial charge in [-0.25, -0.2) is 4.98 Å². The van der Waals surface area contributed by atoms with Gasteiger partial charge in [0.25, 0.3) is 5.91 Å². The molecule has 0 spiro atoms. The van der Waals surface area contributed by atoms with E-state index in [0.717, 1.165) is 23.2 Å². The molecule has 1 aromatic heterocycles. The Labute approximate surface area is 145 Å². The van der Waals surface area contributed by atoms with Gasteiger partial charge in [0.15, 0.2) is 5.13 Å². The second-order valence-corrected chi connectivity index (χ2v) is 6.79. The fraction of sp³-hybridized carbons (Fsp3) is 0.412. The van der Waals surface area contributed by atoms with Gasteiger partial charge in [-0.1, -0.05) is 23.5 Å². The Morgan fingerprint density at radius 2 is 2.08 bits per heavy atom. The van der Waals surface area contributed by atoms with Crippen LogP contribution in [0.2, 0.25) is 0 Å². The molecule has 24 heavy (non-hydrogen) atoms. The molecule has 0 saturated heterocycles. The highest BCUT2D eigenvalue weighted by atomic mass is 32.1. The number of para-hydroxylation sites is 1. The lowest BCUT2D eigenvalue weighted by Crippen LogP contribution is -2.36. The van der Waals surface area contributed by atoms with Crippen molar-refractivity contribution < 1.29 is 14.3 Å². The number of nitrogens with zero attached hydrogens (tertiary/aromatic N) is 3. The predicted octanol–water partition coefficient (Wildman–Crippen LogP) is 2.47. The molecule has 2 aromatic rings. The lowest BCUT2D eigenvalue weighted by molar-refractivity contribution is -0.119. The molecular weight excluding hydrogens is 326 g/mol. The molecule has 0 radical (unpaired) electrons. The first-order valence-electron chi connectivity index (χ1n) is 7.92. The van der Waals surface area contributed by atoms with Crippen LogP contribution in [0.5, 0.6) is 0 Å². The Hall–Kier alpha value is -2.12. The monoisotopic (exact) mass is 347 g/mol. The molecule has 7 heteroatoms. The quantitative estimate of drug-likeness (QED) is 0.803. The molecule has 0 bridgehead atoms. The van der Waals surface area contributed by atoms with E-state index in [2.05, 4.69) is 9.88 Å². The summed E-state index contributed by atoms with van der Waals surface area (Å²) in [5.74, 6) is 0.0397. The minimum absolute atomic E-state index is 0.201. The van der Waals surface area contributed by atoms with E-state index in [-0.39, 0.29) is 11.7 Å². The van der Waals surface area contributed by atoms with Crippen molar-refractivity contribution >= 4 is 32.6 Å². The van der Waals surface area contributed by atoms with Gasteiger partial charge < -0.3 is 14.4 Å². The number of thiazole rings is 1. The third-order valence-electron chi connectivity index (χ3n) is 3.61. The number of aromatic nitrogens is 1. The summed E-state index contributed by atoms with van der Waals surface area (Å²) in [5, 5.41) is 0.690. The lowest BCUT2D eigenvalue weighted by Gasteiger charge is -2.23. The Balaban J connectivity index is 1.85. The molecule has 6 nitrogen and oxygen atoms in total. The van der Waals surface area contributed by atoms with Crippen LogP contribution >= 0.6 is 11.3 Å². The third-order valence-corrected chi connectivity index (χ3v) is 4.66. The number of hydrogen-bond acceptors (Lipinski definition) is 6. The number of carbonyl (C=O) groups excluding carboxylic acids is 1. The van der Waals surface area contributed by atoms with E-state index in [1.165, 1.54) is 17.6 Å². The van der Waals surface area contributed by atoms with E-state index in [1.807, 2.05) is 38.4 Å². The topological polar surface area (TPSA) is 54.9 Å². The molecule has 3 rings (SSSR count). The van der Waals surface area contributed by atoms with Crippen molar-refractivity contribution in [2.45, 2.75) is 6.42 Å². The second kappa shape index (κ2) is 7.63. The van der Waals surface area contributed by atoms with Gasteiger partial charge in [-0.2, -0.15) is 0 Å². The maximum absolute atomic E-state index is 12.9. The van der Waals surface area contributed by atoms with Crippen molar-refractivity contribution in [3.05, 3.63) is 36.3 Å². The highest BCUT2D eigenvalue weighted by molar-refractivity contribution is 7.22. The molecule has 1 amide bonds. The Kier molecular flexibility index (Phi) is 5.32. The van der Waals surface area contributed by atoms with Gasteiger partial charge in [-0.15, -0.1) is 0 Å². The largest absolute Gasteiger partial charge is 0.494 e. The zero-order valence-corrected chi connectivity index (χ0v) is 14.7. The van der Waals surface area contributed by atoms with Gasteiger partial charge in [0.1, 0.15) is 19.5 Å². The molecule has 0 aliphatic carbocycles. The minimum Gasteiger partial charge on any atom is -0.494 e. The first kappa shape index (κ1) is 16.7. The summed E-state index contributed by atoms with van der Waals surface area (Å²) in [6.07, 6.45) is 2.25. The van der Waals surface area contributed by atoms with Crippen LogP contribution < -0.4 is 4.90 Å². The van der Waals surface area contributed by atoms with Crippen LogP contribution in [-0.4, -0.2) is 56.2 Å². The summed E-state index contributed by atoms with van der Waals surface area (Å²) < 4.78 is 11.7. The summed E-state index contributed by atoms with van der Waals surface area (Å²) in [5.41, 5.74) is 0.901. The van der Waals surface area contributed by atoms with Crippen molar-refractivity contribution in [3.63, 3.8) is 0 Å². The average molecular weight is 347 g/mol. The SMILES string of the molecule is CN(C)CCCN(C(=O)C1=COCCO1)c1nc2ccccc2s1. The van der Waals surface area contributed by atoms with Crippen LogP contribution in [-0.2, 0) is 14.3 Å². The summed E-state index contributed by atoms with van der Waals surface area (Å²) in [6.45, 7) is 2.34. The smallest absolute Gasteiger partial charge is 0.298 e. The second-order valence-electron chi connectivity index (χ2n) is 5.78. The van der Waals surface area contributed by atoms with Gasteiger partial charge >= 0.3 is 0 Å². The first-order valence-corrected chi connectivity index (χ1v) is 8.73. The van der Waals surface area contributed by atoms with Crippen molar-refractivity contribution in [1.29, 1.82) is 0 Å². The zero-order chi connectivity index (χ0) is 16.9. The normalized spacial score (nSPS) is 14.2. The van der Waals surface area contributed by atoms with E-state index in [1.54, 1.807) is 4.90 Å². The van der Waals surface area contributed by atoms with Crippen molar-refractivity contribution in [1.82, 2.24) is 9.88 Å². The molecule has 0 atom stereocenters. The van der Waals surface area contributed by atoms with Crippen LogP contribution in [0.3, 0.4) is 0 Å². The lowest BCUT2D eigenvalue weighted by atomic mass is 10.3. The fourth-order valence-corrected chi connectivity index (χ4v) is 3.41. The molecule has 0 N–H and O–H groups in total. The number of amides is 1. The summed E-state index contributed by atoms with van der Waals surface area (Å²) >= 11 is 1.51. The van der Waals surface area contributed by atoms with Crippen LogP contribution in [0.1, 0.15) is 6.42 Å². The molecule has 1 aliphatic heterocycles. The number of rotatable bonds is 6.